The van der Waals surface area contributed by atoms with E-state index in [2.05, 4.69) is 24.9 Å². The van der Waals surface area contributed by atoms with Crippen molar-refractivity contribution in [3.05, 3.63) is 66.5 Å². The molecule has 136 valence electrons. The molecule has 1 saturated heterocycles. The number of amides is 1. The quantitative estimate of drug-likeness (QED) is 0.714. The number of hydrogen-bond donors (Lipinski definition) is 0. The number of carbonyl (C=O) groups excluding carboxylic acids is 1. The van der Waals surface area contributed by atoms with Crippen LogP contribution in [0.3, 0.4) is 0 Å². The number of carbonyl (C=O) groups is 1. The van der Waals surface area contributed by atoms with Crippen LogP contribution in [0.4, 0.5) is 0 Å². The summed E-state index contributed by atoms with van der Waals surface area (Å²) in [7, 11) is 0. The molecule has 0 saturated carbocycles. The summed E-state index contributed by atoms with van der Waals surface area (Å²) in [6.45, 7) is 3.19. The molecule has 1 aliphatic rings. The molecule has 1 unspecified atom stereocenters. The third-order valence-electron chi connectivity index (χ3n) is 4.83. The number of piperidine rings is 1. The van der Waals surface area contributed by atoms with E-state index in [1.807, 2.05) is 30.2 Å². The van der Waals surface area contributed by atoms with Crippen LogP contribution in [0.2, 0.25) is 0 Å². The summed E-state index contributed by atoms with van der Waals surface area (Å²) < 4.78 is 0. The van der Waals surface area contributed by atoms with Crippen LogP contribution in [-0.2, 0) is 0 Å². The summed E-state index contributed by atoms with van der Waals surface area (Å²) in [4.78, 5) is 35.9. The van der Waals surface area contributed by atoms with Gasteiger partial charge in [0.05, 0.1) is 17.6 Å². The van der Waals surface area contributed by atoms with Gasteiger partial charge >= 0.3 is 0 Å². The van der Waals surface area contributed by atoms with E-state index in [1.165, 1.54) is 0 Å². The van der Waals surface area contributed by atoms with Crippen molar-refractivity contribution in [3.8, 4) is 11.1 Å². The molecule has 1 aliphatic heterocycles. The van der Waals surface area contributed by atoms with Gasteiger partial charge in [-0.25, -0.2) is 15.0 Å². The molecular weight excluding hydrogens is 340 g/mol. The molecule has 4 heterocycles. The Morgan fingerprint density at radius 3 is 2.70 bits per heavy atom. The van der Waals surface area contributed by atoms with Gasteiger partial charge in [-0.15, -0.1) is 0 Å². The molecule has 27 heavy (non-hydrogen) atoms. The van der Waals surface area contributed by atoms with Crippen molar-refractivity contribution >= 4 is 5.91 Å². The van der Waals surface area contributed by atoms with E-state index in [4.69, 9.17) is 0 Å². The first-order chi connectivity index (χ1) is 13.2. The van der Waals surface area contributed by atoms with Gasteiger partial charge in [-0.1, -0.05) is 0 Å². The van der Waals surface area contributed by atoms with Crippen LogP contribution in [0.5, 0.6) is 0 Å². The molecule has 1 atom stereocenters. The Morgan fingerprint density at radius 2 is 1.93 bits per heavy atom. The van der Waals surface area contributed by atoms with Gasteiger partial charge in [0.25, 0.3) is 5.91 Å². The summed E-state index contributed by atoms with van der Waals surface area (Å²) in [6, 6.07) is 3.91. The van der Waals surface area contributed by atoms with E-state index in [0.29, 0.717) is 12.2 Å². The number of hydrogen-bond acceptors (Lipinski definition) is 6. The van der Waals surface area contributed by atoms with Crippen LogP contribution in [0.1, 0.15) is 40.6 Å². The SMILES string of the molecule is Cc1cnc(C(=O)N2CCCC(c3ncncc3-c3ccncc3)C2)cn1. The Kier molecular flexibility index (Phi) is 4.82. The summed E-state index contributed by atoms with van der Waals surface area (Å²) >= 11 is 0. The van der Waals surface area contributed by atoms with Crippen molar-refractivity contribution in [2.45, 2.75) is 25.7 Å². The minimum atomic E-state index is -0.0771. The Balaban J connectivity index is 1.59. The normalized spacial score (nSPS) is 16.9. The fourth-order valence-corrected chi connectivity index (χ4v) is 3.47. The third-order valence-corrected chi connectivity index (χ3v) is 4.83. The maximum atomic E-state index is 12.8. The Hall–Kier alpha value is -3.22. The lowest BCUT2D eigenvalue weighted by atomic mass is 9.90. The summed E-state index contributed by atoms with van der Waals surface area (Å²) in [5.74, 6) is 0.0824. The highest BCUT2D eigenvalue weighted by molar-refractivity contribution is 5.92. The highest BCUT2D eigenvalue weighted by Crippen LogP contribution is 2.32. The molecule has 3 aromatic rings. The first kappa shape index (κ1) is 17.2. The predicted octanol–water partition coefficient (Wildman–Crippen LogP) is 2.66. The molecule has 1 amide bonds. The van der Waals surface area contributed by atoms with Gasteiger partial charge in [-0.3, -0.25) is 14.8 Å². The van der Waals surface area contributed by atoms with Crippen molar-refractivity contribution in [2.24, 2.45) is 0 Å². The molecule has 7 heteroatoms. The zero-order chi connectivity index (χ0) is 18.6. The molecule has 1 fully saturated rings. The van der Waals surface area contributed by atoms with Crippen molar-refractivity contribution < 1.29 is 4.79 Å². The first-order valence-corrected chi connectivity index (χ1v) is 9.00. The summed E-state index contributed by atoms with van der Waals surface area (Å²) in [6.07, 6.45) is 12.0. The Bertz CT molecular complexity index is 929. The van der Waals surface area contributed by atoms with E-state index >= 15 is 0 Å². The van der Waals surface area contributed by atoms with E-state index in [0.717, 1.165) is 41.9 Å². The lowest BCUT2D eigenvalue weighted by molar-refractivity contribution is 0.0699. The summed E-state index contributed by atoms with van der Waals surface area (Å²) in [5, 5.41) is 0. The summed E-state index contributed by atoms with van der Waals surface area (Å²) in [5.41, 5.74) is 4.19. The molecule has 7 nitrogen and oxygen atoms in total. The van der Waals surface area contributed by atoms with Crippen LogP contribution in [0.15, 0.2) is 49.4 Å². The molecule has 0 radical (unpaired) electrons. The standard InChI is InChI=1S/C20H20N6O/c1-14-9-24-18(11-23-14)20(27)26-8-2-3-16(12-26)19-17(10-22-13-25-19)15-4-6-21-7-5-15/h4-7,9-11,13,16H,2-3,8,12H2,1H3. The van der Waals surface area contributed by atoms with Crippen LogP contribution in [0, 0.1) is 6.92 Å². The van der Waals surface area contributed by atoms with Crippen molar-refractivity contribution in [3.63, 3.8) is 0 Å². The van der Waals surface area contributed by atoms with Crippen molar-refractivity contribution in [1.82, 2.24) is 29.8 Å². The zero-order valence-corrected chi connectivity index (χ0v) is 15.1. The molecule has 3 aromatic heterocycles. The van der Waals surface area contributed by atoms with Gasteiger partial charge in [0.1, 0.15) is 12.0 Å². The molecular formula is C20H20N6O. The topological polar surface area (TPSA) is 84.8 Å². The minimum Gasteiger partial charge on any atom is -0.337 e. The van der Waals surface area contributed by atoms with Crippen molar-refractivity contribution in [1.29, 1.82) is 0 Å². The predicted molar refractivity (Wildman–Crippen MR) is 99.9 cm³/mol. The van der Waals surface area contributed by atoms with E-state index in [1.54, 1.807) is 31.1 Å². The lowest BCUT2D eigenvalue weighted by Crippen LogP contribution is -2.39. The molecule has 4 rings (SSSR count). The van der Waals surface area contributed by atoms with Crippen molar-refractivity contribution in [2.75, 3.05) is 13.1 Å². The molecule has 0 aliphatic carbocycles. The number of rotatable bonds is 3. The van der Waals surface area contributed by atoms with Gasteiger partial charge in [0.2, 0.25) is 0 Å². The van der Waals surface area contributed by atoms with E-state index in [9.17, 15) is 4.79 Å². The monoisotopic (exact) mass is 360 g/mol. The number of aryl methyl sites for hydroxylation is 1. The highest BCUT2D eigenvalue weighted by Gasteiger charge is 2.28. The number of likely N-dealkylation sites (tertiary alicyclic amines) is 1. The van der Waals surface area contributed by atoms with Crippen LogP contribution >= 0.6 is 0 Å². The Labute approximate surface area is 157 Å². The third kappa shape index (κ3) is 3.67. The maximum Gasteiger partial charge on any atom is 0.274 e. The average molecular weight is 360 g/mol. The van der Waals surface area contributed by atoms with Crippen LogP contribution in [0.25, 0.3) is 11.1 Å². The maximum absolute atomic E-state index is 12.8. The largest absolute Gasteiger partial charge is 0.337 e. The fourth-order valence-electron chi connectivity index (χ4n) is 3.47. The van der Waals surface area contributed by atoms with Gasteiger partial charge in [0, 0.05) is 49.4 Å². The number of aromatic nitrogens is 5. The van der Waals surface area contributed by atoms with Gasteiger partial charge in [0.15, 0.2) is 0 Å². The molecule has 0 spiro atoms. The molecule has 0 N–H and O–H groups in total. The first-order valence-electron chi connectivity index (χ1n) is 9.00. The van der Waals surface area contributed by atoms with Gasteiger partial charge in [-0.05, 0) is 37.5 Å². The minimum absolute atomic E-state index is 0.0771. The van der Waals surface area contributed by atoms with E-state index < -0.39 is 0 Å². The molecule has 0 aromatic carbocycles. The van der Waals surface area contributed by atoms with Gasteiger partial charge < -0.3 is 4.90 Å². The molecule has 0 bridgehead atoms. The van der Waals surface area contributed by atoms with E-state index in [-0.39, 0.29) is 11.8 Å². The van der Waals surface area contributed by atoms with Crippen LogP contribution in [-0.4, -0.2) is 48.8 Å². The number of pyridine rings is 1. The lowest BCUT2D eigenvalue weighted by Gasteiger charge is -2.33. The fraction of sp³-hybridized carbons (Fsp3) is 0.300. The zero-order valence-electron chi connectivity index (χ0n) is 15.1. The average Bonchev–Trinajstić information content (AvgIpc) is 2.74. The second kappa shape index (κ2) is 7.57. The second-order valence-electron chi connectivity index (χ2n) is 6.69. The Morgan fingerprint density at radius 1 is 1.07 bits per heavy atom. The van der Waals surface area contributed by atoms with Crippen LogP contribution < -0.4 is 0 Å². The smallest absolute Gasteiger partial charge is 0.274 e. The van der Waals surface area contributed by atoms with Gasteiger partial charge in [-0.2, -0.15) is 0 Å². The second-order valence-corrected chi connectivity index (χ2v) is 6.69. The number of nitrogens with zero attached hydrogens (tertiary/aromatic N) is 6. The highest BCUT2D eigenvalue weighted by atomic mass is 16.2.